The molecule has 0 saturated carbocycles. The van der Waals surface area contributed by atoms with Crippen LogP contribution in [0.4, 0.5) is 0 Å². The van der Waals surface area contributed by atoms with E-state index in [1.807, 2.05) is 0 Å². The zero-order valence-electron chi connectivity index (χ0n) is 8.53. The van der Waals surface area contributed by atoms with Crippen molar-refractivity contribution in [1.29, 1.82) is 0 Å². The average Bonchev–Trinajstić information content (AvgIpc) is 2.61. The Morgan fingerprint density at radius 1 is 1.57 bits per heavy atom. The van der Waals surface area contributed by atoms with Crippen LogP contribution in [0.15, 0.2) is 5.16 Å². The van der Waals surface area contributed by atoms with Crippen LogP contribution >= 0.6 is 0 Å². The molecule has 1 N–H and O–H groups in total. The number of hydrogen-bond acceptors (Lipinski definition) is 3. The fraction of sp³-hybridized carbons (Fsp3) is 0.800. The number of unbranched alkanes of at least 4 members (excludes halogenated alkanes) is 3. The Morgan fingerprint density at radius 3 is 2.93 bits per heavy atom. The molecule has 0 bridgehead atoms. The Bertz CT molecular complexity index is 225. The SMILES string of the molecule is CCCCCCC1CC(C(=O)O)=NO1. The molecule has 0 aromatic heterocycles. The van der Waals surface area contributed by atoms with E-state index in [9.17, 15) is 4.79 Å². The smallest absolute Gasteiger partial charge is 0.353 e. The van der Waals surface area contributed by atoms with E-state index >= 15 is 0 Å². The van der Waals surface area contributed by atoms with Crippen LogP contribution in [0.3, 0.4) is 0 Å². The topological polar surface area (TPSA) is 58.9 Å². The van der Waals surface area contributed by atoms with Crippen LogP contribution < -0.4 is 0 Å². The average molecular weight is 199 g/mol. The predicted molar refractivity (Wildman–Crippen MR) is 53.3 cm³/mol. The maximum atomic E-state index is 10.5. The first kappa shape index (κ1) is 11.0. The summed E-state index contributed by atoms with van der Waals surface area (Å²) in [5, 5.41) is 12.2. The first-order valence-electron chi connectivity index (χ1n) is 5.20. The molecule has 0 spiro atoms. The number of carboxylic acids is 1. The largest absolute Gasteiger partial charge is 0.477 e. The van der Waals surface area contributed by atoms with Gasteiger partial charge in [-0.25, -0.2) is 4.79 Å². The maximum absolute atomic E-state index is 10.5. The lowest BCUT2D eigenvalue weighted by Gasteiger charge is -2.06. The van der Waals surface area contributed by atoms with Gasteiger partial charge in [-0.05, 0) is 12.8 Å². The van der Waals surface area contributed by atoms with Crippen molar-refractivity contribution in [3.8, 4) is 0 Å². The van der Waals surface area contributed by atoms with Crippen LogP contribution in [0.1, 0.15) is 45.4 Å². The minimum absolute atomic E-state index is 0.00189. The van der Waals surface area contributed by atoms with Crippen molar-refractivity contribution >= 4 is 11.7 Å². The number of carboxylic acid groups (broad SMARTS) is 1. The first-order valence-corrected chi connectivity index (χ1v) is 5.20. The number of nitrogens with zero attached hydrogens (tertiary/aromatic N) is 1. The Kier molecular flexibility index (Phi) is 4.43. The molecule has 1 aliphatic rings. The lowest BCUT2D eigenvalue weighted by atomic mass is 10.1. The highest BCUT2D eigenvalue weighted by Gasteiger charge is 2.24. The molecule has 4 nitrogen and oxygen atoms in total. The van der Waals surface area contributed by atoms with Crippen molar-refractivity contribution < 1.29 is 14.7 Å². The minimum Gasteiger partial charge on any atom is -0.477 e. The molecular weight excluding hydrogens is 182 g/mol. The molecule has 0 aromatic rings. The van der Waals surface area contributed by atoms with Gasteiger partial charge in [-0.15, -0.1) is 0 Å². The van der Waals surface area contributed by atoms with Crippen molar-refractivity contribution in [3.05, 3.63) is 0 Å². The number of carbonyl (C=O) groups is 1. The molecule has 0 radical (unpaired) electrons. The van der Waals surface area contributed by atoms with Crippen molar-refractivity contribution in [3.63, 3.8) is 0 Å². The number of rotatable bonds is 6. The zero-order valence-corrected chi connectivity index (χ0v) is 8.53. The summed E-state index contributed by atoms with van der Waals surface area (Å²) in [5.41, 5.74) is 0.158. The van der Waals surface area contributed by atoms with Gasteiger partial charge in [-0.3, -0.25) is 0 Å². The van der Waals surface area contributed by atoms with Gasteiger partial charge in [0.05, 0.1) is 0 Å². The minimum atomic E-state index is -0.957. The molecule has 1 aliphatic heterocycles. The molecule has 0 aromatic carbocycles. The molecule has 0 amide bonds. The predicted octanol–water partition coefficient (Wildman–Crippen LogP) is 2.19. The van der Waals surface area contributed by atoms with Crippen LogP contribution in [-0.4, -0.2) is 22.9 Å². The summed E-state index contributed by atoms with van der Waals surface area (Å²) in [6.07, 6.45) is 6.11. The molecule has 0 aliphatic carbocycles. The summed E-state index contributed by atoms with van der Waals surface area (Å²) in [7, 11) is 0. The van der Waals surface area contributed by atoms with E-state index < -0.39 is 5.97 Å². The van der Waals surface area contributed by atoms with E-state index in [1.54, 1.807) is 0 Å². The van der Waals surface area contributed by atoms with Gasteiger partial charge in [0.15, 0.2) is 5.71 Å². The molecule has 0 saturated heterocycles. The van der Waals surface area contributed by atoms with Gasteiger partial charge in [0.1, 0.15) is 6.10 Å². The molecule has 4 heteroatoms. The van der Waals surface area contributed by atoms with Gasteiger partial charge in [-0.1, -0.05) is 31.3 Å². The standard InChI is InChI=1S/C10H17NO3/c1-2-3-4-5-6-8-7-9(10(12)13)11-14-8/h8H,2-7H2,1H3,(H,12,13). The van der Waals surface area contributed by atoms with Gasteiger partial charge < -0.3 is 9.94 Å². The second kappa shape index (κ2) is 5.62. The van der Waals surface area contributed by atoms with Crippen LogP contribution in [0.5, 0.6) is 0 Å². The fourth-order valence-corrected chi connectivity index (χ4v) is 1.51. The van der Waals surface area contributed by atoms with Crippen LogP contribution in [0, 0.1) is 0 Å². The molecule has 1 atom stereocenters. The molecule has 80 valence electrons. The van der Waals surface area contributed by atoms with Crippen LogP contribution in [0.25, 0.3) is 0 Å². The van der Waals surface area contributed by atoms with Crippen molar-refractivity contribution in [2.45, 2.75) is 51.6 Å². The Hall–Kier alpha value is -1.06. The highest BCUT2D eigenvalue weighted by molar-refractivity contribution is 6.35. The Balaban J connectivity index is 2.10. The van der Waals surface area contributed by atoms with Crippen molar-refractivity contribution in [2.24, 2.45) is 5.16 Å². The molecule has 14 heavy (non-hydrogen) atoms. The third-order valence-corrected chi connectivity index (χ3v) is 2.36. The maximum Gasteiger partial charge on any atom is 0.353 e. The van der Waals surface area contributed by atoms with Gasteiger partial charge >= 0.3 is 5.97 Å². The lowest BCUT2D eigenvalue weighted by molar-refractivity contribution is -0.129. The lowest BCUT2D eigenvalue weighted by Crippen LogP contribution is -2.14. The summed E-state index contributed by atoms with van der Waals surface area (Å²) < 4.78 is 0. The third kappa shape index (κ3) is 3.36. The van der Waals surface area contributed by atoms with Crippen molar-refractivity contribution in [2.75, 3.05) is 0 Å². The first-order chi connectivity index (χ1) is 6.74. The Labute approximate surface area is 83.9 Å². The summed E-state index contributed by atoms with van der Waals surface area (Å²) in [6.45, 7) is 2.16. The normalized spacial score (nSPS) is 20.4. The summed E-state index contributed by atoms with van der Waals surface area (Å²) in [5.74, 6) is -0.957. The molecular formula is C10H17NO3. The van der Waals surface area contributed by atoms with E-state index in [0.29, 0.717) is 6.42 Å². The molecule has 1 unspecified atom stereocenters. The summed E-state index contributed by atoms with van der Waals surface area (Å²) in [4.78, 5) is 15.5. The van der Waals surface area contributed by atoms with E-state index in [-0.39, 0.29) is 11.8 Å². The van der Waals surface area contributed by atoms with Crippen molar-refractivity contribution in [1.82, 2.24) is 0 Å². The second-order valence-electron chi connectivity index (χ2n) is 3.62. The number of oxime groups is 1. The Morgan fingerprint density at radius 2 is 2.36 bits per heavy atom. The van der Waals surface area contributed by atoms with E-state index in [4.69, 9.17) is 9.94 Å². The van der Waals surface area contributed by atoms with E-state index in [1.165, 1.54) is 19.3 Å². The van der Waals surface area contributed by atoms with Gasteiger partial charge in [-0.2, -0.15) is 0 Å². The zero-order chi connectivity index (χ0) is 10.4. The highest BCUT2D eigenvalue weighted by Crippen LogP contribution is 2.17. The molecule has 1 heterocycles. The van der Waals surface area contributed by atoms with Crippen LogP contribution in [-0.2, 0) is 9.63 Å². The quantitative estimate of drug-likeness (QED) is 0.667. The second-order valence-corrected chi connectivity index (χ2v) is 3.62. The number of hydrogen-bond donors (Lipinski definition) is 1. The van der Waals surface area contributed by atoms with Gasteiger partial charge in [0.2, 0.25) is 0 Å². The van der Waals surface area contributed by atoms with Gasteiger partial charge in [0, 0.05) is 6.42 Å². The number of aliphatic carboxylic acids is 1. The van der Waals surface area contributed by atoms with E-state index in [0.717, 1.165) is 12.8 Å². The van der Waals surface area contributed by atoms with Gasteiger partial charge in [0.25, 0.3) is 0 Å². The summed E-state index contributed by atoms with van der Waals surface area (Å²) >= 11 is 0. The monoisotopic (exact) mass is 199 g/mol. The van der Waals surface area contributed by atoms with E-state index in [2.05, 4.69) is 12.1 Å². The molecule has 0 fully saturated rings. The summed E-state index contributed by atoms with van der Waals surface area (Å²) in [6, 6.07) is 0. The highest BCUT2D eigenvalue weighted by atomic mass is 16.6. The third-order valence-electron chi connectivity index (χ3n) is 2.36. The van der Waals surface area contributed by atoms with Crippen LogP contribution in [0.2, 0.25) is 0 Å². The fourth-order valence-electron chi connectivity index (χ4n) is 1.51. The molecule has 1 rings (SSSR count).